The van der Waals surface area contributed by atoms with E-state index in [0.717, 1.165) is 22.3 Å². The zero-order valence-corrected chi connectivity index (χ0v) is 17.1. The minimum absolute atomic E-state index is 0.237. The van der Waals surface area contributed by atoms with Crippen LogP contribution in [0.2, 0.25) is 5.02 Å². The zero-order valence-electron chi connectivity index (χ0n) is 16.3. The fourth-order valence-corrected chi connectivity index (χ4v) is 3.39. The van der Waals surface area contributed by atoms with Gasteiger partial charge in [-0.05, 0) is 47.0 Å². The van der Waals surface area contributed by atoms with Gasteiger partial charge < -0.3 is 10.1 Å². The van der Waals surface area contributed by atoms with E-state index in [4.69, 9.17) is 16.3 Å². The van der Waals surface area contributed by atoms with Crippen molar-refractivity contribution in [1.82, 2.24) is 4.98 Å². The lowest BCUT2D eigenvalue weighted by molar-refractivity contribution is 0.102. The highest BCUT2D eigenvalue weighted by atomic mass is 35.5. The number of aromatic nitrogens is 1. The van der Waals surface area contributed by atoms with Crippen molar-refractivity contribution in [3.8, 4) is 28.1 Å². The summed E-state index contributed by atoms with van der Waals surface area (Å²) < 4.78 is 5.04. The van der Waals surface area contributed by atoms with Crippen molar-refractivity contribution >= 4 is 23.2 Å². The number of nitrogens with zero attached hydrogens (tertiary/aromatic N) is 1. The van der Waals surface area contributed by atoms with Gasteiger partial charge in [-0.15, -0.1) is 0 Å². The molecule has 5 heteroatoms. The second-order valence-electron chi connectivity index (χ2n) is 6.68. The number of hydrogen-bond donors (Lipinski definition) is 1. The van der Waals surface area contributed by atoms with Crippen molar-refractivity contribution in [2.75, 3.05) is 12.4 Å². The Morgan fingerprint density at radius 1 is 0.867 bits per heavy atom. The summed E-state index contributed by atoms with van der Waals surface area (Å²) in [7, 11) is 1.54. The average Bonchev–Trinajstić information content (AvgIpc) is 2.80. The second-order valence-corrected chi connectivity index (χ2v) is 7.09. The highest BCUT2D eigenvalue weighted by molar-refractivity contribution is 6.33. The molecule has 0 aliphatic heterocycles. The number of methoxy groups -OCH3 is 1. The number of hydrogen-bond acceptors (Lipinski definition) is 3. The molecule has 1 N–H and O–H groups in total. The maximum absolute atomic E-state index is 12.7. The van der Waals surface area contributed by atoms with Gasteiger partial charge in [0.1, 0.15) is 0 Å². The van der Waals surface area contributed by atoms with Gasteiger partial charge in [0.05, 0.1) is 19.0 Å². The lowest BCUT2D eigenvalue weighted by Gasteiger charge is -2.11. The van der Waals surface area contributed by atoms with E-state index in [1.165, 1.54) is 0 Å². The van der Waals surface area contributed by atoms with Gasteiger partial charge in [-0.25, -0.2) is 4.98 Å². The number of ether oxygens (including phenoxy) is 1. The van der Waals surface area contributed by atoms with Gasteiger partial charge in [0.25, 0.3) is 5.91 Å². The molecule has 0 aliphatic carbocycles. The molecule has 148 valence electrons. The Hall–Kier alpha value is -3.63. The highest BCUT2D eigenvalue weighted by Crippen LogP contribution is 2.32. The number of nitrogens with one attached hydrogen (secondary N) is 1. The van der Waals surface area contributed by atoms with E-state index >= 15 is 0 Å². The molecule has 0 fully saturated rings. The molecule has 1 amide bonds. The van der Waals surface area contributed by atoms with Crippen molar-refractivity contribution in [2.45, 2.75) is 0 Å². The van der Waals surface area contributed by atoms with Crippen LogP contribution >= 0.6 is 11.6 Å². The first kappa shape index (κ1) is 19.7. The predicted molar refractivity (Wildman–Crippen MR) is 121 cm³/mol. The van der Waals surface area contributed by atoms with Crippen LogP contribution in [0.25, 0.3) is 22.3 Å². The van der Waals surface area contributed by atoms with Crippen molar-refractivity contribution < 1.29 is 9.53 Å². The SMILES string of the molecule is COc1ccc(NC(=O)c2ccc(Cl)c(-c3cccc(-c4ccccc4)c3)c2)cn1. The molecular weight excluding hydrogens is 396 g/mol. The van der Waals surface area contributed by atoms with Crippen LogP contribution in [0.3, 0.4) is 0 Å². The summed E-state index contributed by atoms with van der Waals surface area (Å²) in [5.41, 5.74) is 5.05. The number of halogens is 1. The van der Waals surface area contributed by atoms with Gasteiger partial charge >= 0.3 is 0 Å². The molecule has 4 nitrogen and oxygen atoms in total. The number of carbonyl (C=O) groups excluding carboxylic acids is 1. The summed E-state index contributed by atoms with van der Waals surface area (Å²) in [4.78, 5) is 16.8. The first-order valence-electron chi connectivity index (χ1n) is 9.41. The van der Waals surface area contributed by atoms with E-state index in [1.807, 2.05) is 30.3 Å². The van der Waals surface area contributed by atoms with E-state index in [9.17, 15) is 4.79 Å². The maximum atomic E-state index is 12.7. The minimum Gasteiger partial charge on any atom is -0.481 e. The third kappa shape index (κ3) is 4.34. The molecule has 0 saturated carbocycles. The van der Waals surface area contributed by atoms with Crippen LogP contribution in [-0.2, 0) is 0 Å². The van der Waals surface area contributed by atoms with E-state index in [0.29, 0.717) is 22.2 Å². The van der Waals surface area contributed by atoms with Crippen LogP contribution < -0.4 is 10.1 Å². The third-order valence-corrected chi connectivity index (χ3v) is 5.04. The number of benzene rings is 3. The molecule has 0 spiro atoms. The summed E-state index contributed by atoms with van der Waals surface area (Å²) in [6.07, 6.45) is 1.55. The molecular formula is C25H19ClN2O2. The first-order valence-corrected chi connectivity index (χ1v) is 9.78. The molecule has 0 unspecified atom stereocenters. The lowest BCUT2D eigenvalue weighted by atomic mass is 9.98. The molecule has 0 atom stereocenters. The van der Waals surface area contributed by atoms with Crippen LogP contribution in [-0.4, -0.2) is 18.0 Å². The van der Waals surface area contributed by atoms with E-state index < -0.39 is 0 Å². The molecule has 1 heterocycles. The third-order valence-electron chi connectivity index (χ3n) is 4.71. The molecule has 1 aromatic heterocycles. The van der Waals surface area contributed by atoms with Crippen LogP contribution in [0.4, 0.5) is 5.69 Å². The van der Waals surface area contributed by atoms with E-state index in [-0.39, 0.29) is 5.91 Å². The number of amides is 1. The van der Waals surface area contributed by atoms with Crippen molar-refractivity contribution in [2.24, 2.45) is 0 Å². The van der Waals surface area contributed by atoms with E-state index in [2.05, 4.69) is 34.6 Å². The van der Waals surface area contributed by atoms with Gasteiger partial charge in [-0.1, -0.05) is 60.1 Å². The number of pyridine rings is 1. The van der Waals surface area contributed by atoms with Crippen LogP contribution in [0, 0.1) is 0 Å². The Kier molecular flexibility index (Phi) is 5.77. The summed E-state index contributed by atoms with van der Waals surface area (Å²) in [5.74, 6) is 0.249. The van der Waals surface area contributed by atoms with Gasteiger partial charge in [0.2, 0.25) is 5.88 Å². The number of rotatable bonds is 5. The Bertz CT molecular complexity index is 1180. The molecule has 0 aliphatic rings. The summed E-state index contributed by atoms with van der Waals surface area (Å²) in [6, 6.07) is 26.9. The average molecular weight is 415 g/mol. The lowest BCUT2D eigenvalue weighted by Crippen LogP contribution is -2.12. The van der Waals surface area contributed by atoms with Crippen molar-refractivity contribution in [3.63, 3.8) is 0 Å². The smallest absolute Gasteiger partial charge is 0.255 e. The minimum atomic E-state index is -0.237. The van der Waals surface area contributed by atoms with E-state index in [1.54, 1.807) is 43.6 Å². The highest BCUT2D eigenvalue weighted by Gasteiger charge is 2.12. The number of carbonyl (C=O) groups is 1. The van der Waals surface area contributed by atoms with Gasteiger partial charge in [0, 0.05) is 22.2 Å². The molecule has 30 heavy (non-hydrogen) atoms. The molecule has 4 aromatic rings. The summed E-state index contributed by atoms with van der Waals surface area (Å²) >= 11 is 6.47. The summed E-state index contributed by atoms with van der Waals surface area (Å²) in [5, 5.41) is 3.43. The predicted octanol–water partition coefficient (Wildman–Crippen LogP) is 6.33. The fraction of sp³-hybridized carbons (Fsp3) is 0.0400. The Morgan fingerprint density at radius 2 is 1.63 bits per heavy atom. The van der Waals surface area contributed by atoms with Crippen molar-refractivity contribution in [1.29, 1.82) is 0 Å². The van der Waals surface area contributed by atoms with Crippen molar-refractivity contribution in [3.05, 3.63) is 102 Å². The maximum Gasteiger partial charge on any atom is 0.255 e. The standard InChI is InChI=1S/C25H19ClN2O2/c1-30-24-13-11-21(16-27-24)28-25(29)20-10-12-23(26)22(15-20)19-9-5-8-18(14-19)17-6-3-2-4-7-17/h2-16H,1H3,(H,28,29). The first-order chi connectivity index (χ1) is 14.6. The molecule has 4 rings (SSSR count). The summed E-state index contributed by atoms with van der Waals surface area (Å²) in [6.45, 7) is 0. The molecule has 0 radical (unpaired) electrons. The fourth-order valence-electron chi connectivity index (χ4n) is 3.16. The number of anilines is 1. The Balaban J connectivity index is 1.62. The monoisotopic (exact) mass is 414 g/mol. The Labute approximate surface area is 180 Å². The molecule has 3 aromatic carbocycles. The topological polar surface area (TPSA) is 51.2 Å². The zero-order chi connectivity index (χ0) is 20.9. The van der Waals surface area contributed by atoms with Gasteiger partial charge in [0.15, 0.2) is 0 Å². The van der Waals surface area contributed by atoms with Crippen LogP contribution in [0.5, 0.6) is 5.88 Å². The largest absolute Gasteiger partial charge is 0.481 e. The quantitative estimate of drug-likeness (QED) is 0.415. The molecule has 0 bridgehead atoms. The van der Waals surface area contributed by atoms with Crippen LogP contribution in [0.15, 0.2) is 91.1 Å². The van der Waals surface area contributed by atoms with Gasteiger partial charge in [-0.3, -0.25) is 4.79 Å². The Morgan fingerprint density at radius 3 is 2.37 bits per heavy atom. The van der Waals surface area contributed by atoms with Crippen LogP contribution in [0.1, 0.15) is 10.4 Å². The van der Waals surface area contributed by atoms with Gasteiger partial charge in [-0.2, -0.15) is 0 Å². The second kappa shape index (κ2) is 8.80. The normalized spacial score (nSPS) is 10.5. The molecule has 0 saturated heterocycles.